The maximum absolute atomic E-state index is 6.28. The second kappa shape index (κ2) is 1.29. The second-order valence-corrected chi connectivity index (χ2v) is 1.53. The Morgan fingerprint density at radius 3 is 1.50 bits per heavy atom. The summed E-state index contributed by atoms with van der Waals surface area (Å²) >= 11 is 0. The summed E-state index contributed by atoms with van der Waals surface area (Å²) in [6.07, 6.45) is 1.53. The molecule has 0 fully saturated rings. The lowest BCUT2D eigenvalue weighted by molar-refractivity contribution is 1.56. The van der Waals surface area contributed by atoms with Crippen LogP contribution < -0.4 is 0 Å². The zero-order valence-corrected chi connectivity index (χ0v) is 3.22. The van der Waals surface area contributed by atoms with Crippen LogP contribution in [0.4, 0.5) is 0 Å². The van der Waals surface area contributed by atoms with E-state index in [0.717, 1.165) is 0 Å². The van der Waals surface area contributed by atoms with Gasteiger partial charge in [0.1, 0.15) is 0 Å². The van der Waals surface area contributed by atoms with E-state index in [1.165, 1.54) is 6.26 Å². The van der Waals surface area contributed by atoms with E-state index in [-0.39, 0.29) is 0 Å². The summed E-state index contributed by atoms with van der Waals surface area (Å²) in [5, 5.41) is 0. The molecule has 0 saturated heterocycles. The van der Waals surface area contributed by atoms with Crippen LogP contribution in [0.25, 0.3) is 0 Å². The van der Waals surface area contributed by atoms with Gasteiger partial charge in [0.25, 0.3) is 0 Å². The van der Waals surface area contributed by atoms with Gasteiger partial charge >= 0.3 is 0 Å². The van der Waals surface area contributed by atoms with Crippen LogP contribution in [0, 0.1) is 9.56 Å². The van der Waals surface area contributed by atoms with Gasteiger partial charge < -0.3 is 20.0 Å². The van der Waals surface area contributed by atoms with E-state index in [9.17, 15) is 0 Å². The largest absolute Gasteiger partial charge is 0.435 e. The van der Waals surface area contributed by atoms with Gasteiger partial charge in [0.15, 0.2) is 0 Å². The first-order chi connectivity index (χ1) is 1.73. The zero-order valence-electron chi connectivity index (χ0n) is 2.41. The Hall–Kier alpha value is -0.0500. The summed E-state index contributed by atoms with van der Waals surface area (Å²) in [7, 11) is -0.861. The van der Waals surface area contributed by atoms with Crippen molar-refractivity contribution in [2.45, 2.75) is 0 Å². The Bertz CT molecular complexity index is 54.4. The first kappa shape index (κ1) is 3.95. The third-order valence-corrected chi connectivity index (χ3v) is 0. The van der Waals surface area contributed by atoms with Crippen molar-refractivity contribution in [2.24, 2.45) is 0 Å². The summed E-state index contributed by atoms with van der Waals surface area (Å²) in [5.74, 6) is 0. The quantitative estimate of drug-likeness (QED) is 0.401. The highest BCUT2D eigenvalue weighted by Crippen LogP contribution is 1.39. The SMILES string of the molecule is C[S-](=N)=N. The lowest BCUT2D eigenvalue weighted by Crippen LogP contribution is -1.45. The molecule has 0 aliphatic rings. The Morgan fingerprint density at radius 2 is 1.50 bits per heavy atom. The van der Waals surface area contributed by atoms with Gasteiger partial charge in [-0.1, -0.05) is 0 Å². The summed E-state index contributed by atoms with van der Waals surface area (Å²) in [6, 6.07) is 0. The number of hydrogen-bond acceptors (Lipinski definition) is 3. The molecule has 0 unspecified atom stereocenters. The van der Waals surface area contributed by atoms with E-state index >= 15 is 0 Å². The fourth-order valence-electron chi connectivity index (χ4n) is 0. The van der Waals surface area contributed by atoms with Crippen LogP contribution in [0.15, 0.2) is 0 Å². The molecule has 2 nitrogen and oxygen atoms in total. The smallest absolute Gasteiger partial charge is 0.120 e. The second-order valence-electron chi connectivity index (χ2n) is 0.510. The fraction of sp³-hybridized carbons (Fsp3) is 1.00. The summed E-state index contributed by atoms with van der Waals surface area (Å²) in [5.41, 5.74) is 0. The molecule has 0 saturated carbocycles. The van der Waals surface area contributed by atoms with E-state index in [4.69, 9.17) is 9.56 Å². The van der Waals surface area contributed by atoms with Crippen molar-refractivity contribution in [3.05, 3.63) is 0 Å². The van der Waals surface area contributed by atoms with E-state index in [1.54, 1.807) is 0 Å². The molecule has 0 radical (unpaired) electrons. The Balaban J connectivity index is 3.51. The van der Waals surface area contributed by atoms with Gasteiger partial charge in [-0.05, 0) is 0 Å². The predicted octanol–water partition coefficient (Wildman–Crippen LogP) is 0.759. The van der Waals surface area contributed by atoms with Crippen molar-refractivity contribution >= 4 is 10.5 Å². The third-order valence-electron chi connectivity index (χ3n) is 0. The van der Waals surface area contributed by atoms with E-state index in [0.29, 0.717) is 0 Å². The number of hydrogen-bond donors (Lipinski definition) is 2. The third kappa shape index (κ3) is 704. The zero-order chi connectivity index (χ0) is 3.58. The highest BCUT2D eigenvalue weighted by molar-refractivity contribution is 7.73. The molecule has 0 atom stereocenters. The van der Waals surface area contributed by atoms with Gasteiger partial charge in [-0.2, -0.15) is 0 Å². The van der Waals surface area contributed by atoms with Crippen LogP contribution in [0.1, 0.15) is 0 Å². The maximum Gasteiger partial charge on any atom is -0.120 e. The average Bonchev–Trinajstić information content (AvgIpc) is 0.811. The fourth-order valence-corrected chi connectivity index (χ4v) is 0. The highest BCUT2D eigenvalue weighted by Gasteiger charge is 1.13. The van der Waals surface area contributed by atoms with Crippen molar-refractivity contribution in [1.82, 2.24) is 0 Å². The molecule has 2 N–H and O–H groups in total. The monoisotopic (exact) mass is 77.0 g/mol. The first-order valence-corrected chi connectivity index (χ1v) is 2.45. The minimum atomic E-state index is -0.861. The standard InChI is InChI=1S/CH5N2S/c1-4(2)3/h2-3H,1H3/q-1. The predicted molar refractivity (Wildman–Crippen MR) is 18.7 cm³/mol. The van der Waals surface area contributed by atoms with Gasteiger partial charge in [-0.15, -0.1) is 6.26 Å². The van der Waals surface area contributed by atoms with Crippen molar-refractivity contribution in [3.63, 3.8) is 0 Å². The van der Waals surface area contributed by atoms with Crippen LogP contribution in [0.2, 0.25) is 0 Å². The minimum absolute atomic E-state index is 0.861. The number of rotatable bonds is 0. The highest BCUT2D eigenvalue weighted by atomic mass is 32.2. The summed E-state index contributed by atoms with van der Waals surface area (Å²) in [4.78, 5) is 0. The molecule has 0 aromatic carbocycles. The lowest BCUT2D eigenvalue weighted by atomic mass is 12.0. The molecule has 0 rings (SSSR count). The van der Waals surface area contributed by atoms with Crippen LogP contribution >= 0.6 is 0 Å². The Morgan fingerprint density at radius 1 is 1.50 bits per heavy atom. The molecule has 0 aromatic rings. The summed E-state index contributed by atoms with van der Waals surface area (Å²) in [6.45, 7) is 0. The lowest BCUT2D eigenvalue weighted by Gasteiger charge is -1.72. The molecule has 0 aliphatic heterocycles. The molecule has 0 aromatic heterocycles. The first-order valence-electron chi connectivity index (χ1n) is 0.816. The topological polar surface area (TPSA) is 47.7 Å². The normalized spacial score (nSPS) is 8.50. The molecule has 4 heavy (non-hydrogen) atoms. The van der Waals surface area contributed by atoms with Gasteiger partial charge in [0.05, 0.1) is 0 Å². The van der Waals surface area contributed by atoms with Gasteiger partial charge in [0.2, 0.25) is 0 Å². The van der Waals surface area contributed by atoms with Gasteiger partial charge in [-0.25, -0.2) is 0 Å². The van der Waals surface area contributed by atoms with Gasteiger partial charge in [-0.3, -0.25) is 0 Å². The average molecular weight is 77.1 g/mol. The molecule has 0 aliphatic carbocycles. The minimum Gasteiger partial charge on any atom is -0.435 e. The Labute approximate surface area is 27.3 Å². The van der Waals surface area contributed by atoms with Crippen LogP contribution in [0.3, 0.4) is 0 Å². The van der Waals surface area contributed by atoms with Gasteiger partial charge in [0, 0.05) is 0 Å². The molecular weight excluding hydrogens is 72.1 g/mol. The molecule has 0 amide bonds. The van der Waals surface area contributed by atoms with E-state index in [1.807, 2.05) is 0 Å². The molecule has 0 heterocycles. The summed E-state index contributed by atoms with van der Waals surface area (Å²) < 4.78 is 12.6. The van der Waals surface area contributed by atoms with E-state index in [2.05, 4.69) is 0 Å². The molecule has 26 valence electrons. The van der Waals surface area contributed by atoms with Crippen molar-refractivity contribution in [3.8, 4) is 0 Å². The molecule has 0 spiro atoms. The van der Waals surface area contributed by atoms with Crippen LogP contribution in [0.5, 0.6) is 0 Å². The molecular formula is CH5N2S-. The van der Waals surface area contributed by atoms with Crippen molar-refractivity contribution in [1.29, 1.82) is 9.56 Å². The van der Waals surface area contributed by atoms with Crippen LogP contribution in [-0.2, 0) is 10.5 Å². The van der Waals surface area contributed by atoms with E-state index < -0.39 is 10.5 Å². The molecule has 3 heteroatoms. The van der Waals surface area contributed by atoms with Crippen molar-refractivity contribution < 1.29 is 0 Å². The molecule has 0 bridgehead atoms. The van der Waals surface area contributed by atoms with Crippen molar-refractivity contribution in [2.75, 3.05) is 6.26 Å². The van der Waals surface area contributed by atoms with Crippen LogP contribution in [-0.4, -0.2) is 6.26 Å². The number of nitrogens with one attached hydrogen (secondary N) is 2. The maximum atomic E-state index is 6.28. The Kier molecular flexibility index (Phi) is 1.27.